The number of aliphatic imine (C=N–C) groups is 1. The number of esters is 1. The first-order valence-electron chi connectivity index (χ1n) is 11.0. The molecule has 3 aliphatic rings. The molecule has 34 heavy (non-hydrogen) atoms. The summed E-state index contributed by atoms with van der Waals surface area (Å²) in [5, 5.41) is 2.64. The molecule has 1 aromatic carbocycles. The lowest BCUT2D eigenvalue weighted by Gasteiger charge is -2.37. The highest BCUT2D eigenvalue weighted by Gasteiger charge is 2.41. The van der Waals surface area contributed by atoms with E-state index < -0.39 is 12.0 Å². The number of piperazine rings is 1. The van der Waals surface area contributed by atoms with Crippen LogP contribution >= 0.6 is 11.8 Å². The molecule has 10 heteroatoms. The van der Waals surface area contributed by atoms with Crippen molar-refractivity contribution in [3.05, 3.63) is 52.2 Å². The minimum absolute atomic E-state index is 0.0179. The lowest BCUT2D eigenvalue weighted by Crippen LogP contribution is -2.50. The van der Waals surface area contributed by atoms with Gasteiger partial charge in [-0.3, -0.25) is 9.59 Å². The summed E-state index contributed by atoms with van der Waals surface area (Å²) in [6, 6.07) is 7.03. The molecule has 9 nitrogen and oxygen atoms in total. The Kier molecular flexibility index (Phi) is 6.97. The van der Waals surface area contributed by atoms with Crippen molar-refractivity contribution in [2.75, 3.05) is 40.4 Å². The highest BCUT2D eigenvalue weighted by Crippen LogP contribution is 2.45. The highest BCUT2D eigenvalue weighted by atomic mass is 32.2. The van der Waals surface area contributed by atoms with E-state index >= 15 is 0 Å². The van der Waals surface area contributed by atoms with Crippen LogP contribution in [0.4, 0.5) is 0 Å². The summed E-state index contributed by atoms with van der Waals surface area (Å²) in [6.07, 6.45) is 0.173. The number of methoxy groups -OCH3 is 2. The van der Waals surface area contributed by atoms with Crippen LogP contribution in [0.3, 0.4) is 0 Å². The average molecular weight is 485 g/mol. The molecule has 1 aromatic rings. The van der Waals surface area contributed by atoms with Crippen molar-refractivity contribution >= 4 is 34.7 Å². The van der Waals surface area contributed by atoms with Gasteiger partial charge in [0.05, 0.1) is 38.0 Å². The number of ether oxygens (including phenoxy) is 2. The maximum atomic E-state index is 13.2. The van der Waals surface area contributed by atoms with Gasteiger partial charge in [-0.1, -0.05) is 23.9 Å². The predicted molar refractivity (Wildman–Crippen MR) is 129 cm³/mol. The second-order valence-corrected chi connectivity index (χ2v) is 9.06. The van der Waals surface area contributed by atoms with Crippen LogP contribution in [0.5, 0.6) is 5.75 Å². The van der Waals surface area contributed by atoms with Gasteiger partial charge >= 0.3 is 5.97 Å². The zero-order valence-corrected chi connectivity index (χ0v) is 20.6. The van der Waals surface area contributed by atoms with E-state index in [9.17, 15) is 14.4 Å². The predicted octanol–water partition coefficient (Wildman–Crippen LogP) is 2.52. The van der Waals surface area contributed by atoms with Crippen molar-refractivity contribution in [1.29, 1.82) is 0 Å². The third-order valence-corrected chi connectivity index (χ3v) is 7.14. The number of hydrogen-bond donors (Lipinski definition) is 0. The fourth-order valence-corrected chi connectivity index (χ4v) is 5.34. The van der Waals surface area contributed by atoms with Crippen molar-refractivity contribution in [3.63, 3.8) is 0 Å². The van der Waals surface area contributed by atoms with Gasteiger partial charge in [0, 0.05) is 38.8 Å². The topological polar surface area (TPSA) is 91.8 Å². The van der Waals surface area contributed by atoms with E-state index in [-0.39, 0.29) is 18.2 Å². The molecule has 0 bridgehead atoms. The van der Waals surface area contributed by atoms with Gasteiger partial charge in [0.2, 0.25) is 11.8 Å². The number of amides is 2. The van der Waals surface area contributed by atoms with E-state index in [0.29, 0.717) is 43.2 Å². The molecule has 3 heterocycles. The summed E-state index contributed by atoms with van der Waals surface area (Å²) in [5.41, 5.74) is 2.67. The van der Waals surface area contributed by atoms with Crippen LogP contribution in [0.2, 0.25) is 0 Å². The first kappa shape index (κ1) is 23.9. The average Bonchev–Trinajstić information content (AvgIpc) is 3.24. The molecule has 0 N–H and O–H groups in total. The quantitative estimate of drug-likeness (QED) is 0.593. The van der Waals surface area contributed by atoms with Crippen molar-refractivity contribution in [2.24, 2.45) is 4.99 Å². The second-order valence-electron chi connectivity index (χ2n) is 8.22. The molecular weight excluding hydrogens is 456 g/mol. The number of carbonyl (C=O) groups is 3. The zero-order chi connectivity index (χ0) is 24.4. The van der Waals surface area contributed by atoms with Crippen LogP contribution in [0.1, 0.15) is 31.9 Å². The SMILES string of the molecule is COC(=O)C1=C(C)N=C2SC=C(CC(=O)N3CCN(C(C)=O)CC3)N2C1c1ccc(OC)cc1. The molecule has 0 spiro atoms. The molecule has 2 amide bonds. The molecule has 1 saturated heterocycles. The van der Waals surface area contributed by atoms with Gasteiger partial charge in [-0.15, -0.1) is 0 Å². The molecule has 3 aliphatic heterocycles. The van der Waals surface area contributed by atoms with Crippen molar-refractivity contribution in [2.45, 2.75) is 26.3 Å². The third kappa shape index (κ3) is 4.54. The molecule has 180 valence electrons. The van der Waals surface area contributed by atoms with Crippen molar-refractivity contribution in [3.8, 4) is 5.75 Å². The Hall–Kier alpha value is -3.27. The standard InChI is InChI=1S/C24H28N4O5S/c1-15-21(23(31)33-4)22(17-5-7-19(32-3)8-6-17)28-18(14-34-24(28)25-15)13-20(30)27-11-9-26(10-12-27)16(2)29/h5-8,14,22H,9-13H2,1-4H3. The number of hydrogen-bond acceptors (Lipinski definition) is 8. The van der Waals surface area contributed by atoms with Gasteiger partial charge in [-0.2, -0.15) is 0 Å². The molecule has 0 aliphatic carbocycles. The molecule has 1 atom stereocenters. The maximum Gasteiger partial charge on any atom is 0.338 e. The van der Waals surface area contributed by atoms with E-state index in [1.165, 1.54) is 18.9 Å². The molecule has 0 aromatic heterocycles. The number of allylic oxidation sites excluding steroid dienone is 1. The lowest BCUT2D eigenvalue weighted by molar-refractivity contribution is -0.138. The van der Waals surface area contributed by atoms with Crippen molar-refractivity contribution in [1.82, 2.24) is 14.7 Å². The maximum absolute atomic E-state index is 13.2. The van der Waals surface area contributed by atoms with Crippen LogP contribution in [0, 0.1) is 0 Å². The van der Waals surface area contributed by atoms with Crippen LogP contribution in [-0.2, 0) is 19.1 Å². The zero-order valence-electron chi connectivity index (χ0n) is 19.7. The van der Waals surface area contributed by atoms with Gasteiger partial charge < -0.3 is 24.2 Å². The Labute approximate surface area is 203 Å². The summed E-state index contributed by atoms with van der Waals surface area (Å²) in [7, 11) is 2.96. The Morgan fingerprint density at radius 3 is 2.29 bits per heavy atom. The normalized spacial score (nSPS) is 20.0. The molecule has 4 rings (SSSR count). The number of carbonyl (C=O) groups excluding carboxylic acids is 3. The van der Waals surface area contributed by atoms with E-state index in [0.717, 1.165) is 16.4 Å². The Morgan fingerprint density at radius 2 is 1.71 bits per heavy atom. The third-order valence-electron chi connectivity index (χ3n) is 6.25. The highest BCUT2D eigenvalue weighted by molar-refractivity contribution is 8.16. The largest absolute Gasteiger partial charge is 0.497 e. The number of thioether (sulfide) groups is 1. The van der Waals surface area contributed by atoms with E-state index in [4.69, 9.17) is 9.47 Å². The Bertz CT molecular complexity index is 1090. The molecule has 0 saturated carbocycles. The van der Waals surface area contributed by atoms with E-state index in [1.807, 2.05) is 34.6 Å². The molecule has 1 fully saturated rings. The van der Waals surface area contributed by atoms with Crippen LogP contribution < -0.4 is 4.74 Å². The summed E-state index contributed by atoms with van der Waals surface area (Å²) < 4.78 is 10.4. The second kappa shape index (κ2) is 9.92. The Morgan fingerprint density at radius 1 is 1.06 bits per heavy atom. The number of fused-ring (bicyclic) bond motifs is 1. The van der Waals surface area contributed by atoms with Crippen LogP contribution in [-0.4, -0.2) is 78.0 Å². The molecule has 1 unspecified atom stereocenters. The summed E-state index contributed by atoms with van der Waals surface area (Å²) in [6.45, 7) is 5.43. The summed E-state index contributed by atoms with van der Waals surface area (Å²) in [5.74, 6) is 0.260. The monoisotopic (exact) mass is 484 g/mol. The summed E-state index contributed by atoms with van der Waals surface area (Å²) in [4.78, 5) is 47.7. The van der Waals surface area contributed by atoms with Gasteiger partial charge in [-0.05, 0) is 30.0 Å². The number of benzene rings is 1. The van der Waals surface area contributed by atoms with Gasteiger partial charge in [0.15, 0.2) is 5.17 Å². The molecular formula is C24H28N4O5S. The van der Waals surface area contributed by atoms with Gasteiger partial charge in [0.25, 0.3) is 0 Å². The number of rotatable bonds is 5. The minimum atomic E-state index is -0.477. The van der Waals surface area contributed by atoms with Crippen molar-refractivity contribution < 1.29 is 23.9 Å². The summed E-state index contributed by atoms with van der Waals surface area (Å²) >= 11 is 1.44. The Balaban J connectivity index is 1.60. The first-order chi connectivity index (χ1) is 16.3. The minimum Gasteiger partial charge on any atom is -0.497 e. The van der Waals surface area contributed by atoms with E-state index in [2.05, 4.69) is 4.99 Å². The van der Waals surface area contributed by atoms with E-state index in [1.54, 1.807) is 30.8 Å². The van der Waals surface area contributed by atoms with Crippen LogP contribution in [0.15, 0.2) is 51.6 Å². The smallest absolute Gasteiger partial charge is 0.338 e. The van der Waals surface area contributed by atoms with Gasteiger partial charge in [-0.25, -0.2) is 9.79 Å². The first-order valence-corrected chi connectivity index (χ1v) is 11.9. The van der Waals surface area contributed by atoms with Gasteiger partial charge in [0.1, 0.15) is 5.75 Å². The fraction of sp³-hybridized carbons (Fsp3) is 0.417. The fourth-order valence-electron chi connectivity index (χ4n) is 4.38. The number of amidine groups is 1. The molecule has 0 radical (unpaired) electrons. The van der Waals surface area contributed by atoms with Crippen LogP contribution in [0.25, 0.3) is 0 Å². The lowest BCUT2D eigenvalue weighted by atomic mass is 9.93. The number of nitrogens with zero attached hydrogens (tertiary/aromatic N) is 4.